The minimum atomic E-state index is -0.0906. The van der Waals surface area contributed by atoms with Gasteiger partial charge in [0.1, 0.15) is 6.33 Å². The highest BCUT2D eigenvalue weighted by Gasteiger charge is 2.03. The van der Waals surface area contributed by atoms with Crippen LogP contribution in [0.5, 0.6) is 0 Å². The molecule has 0 saturated heterocycles. The van der Waals surface area contributed by atoms with Crippen LogP contribution >= 0.6 is 23.4 Å². The van der Waals surface area contributed by atoms with Crippen LogP contribution in [0.3, 0.4) is 0 Å². The van der Waals surface area contributed by atoms with Gasteiger partial charge >= 0.3 is 0 Å². The van der Waals surface area contributed by atoms with E-state index in [2.05, 4.69) is 10.2 Å². The number of aromatic nitrogens is 3. The number of aryl methyl sites for hydroxylation is 1. The van der Waals surface area contributed by atoms with Crippen molar-refractivity contribution in [1.82, 2.24) is 14.8 Å². The molecule has 2 aromatic rings. The molecule has 2 rings (SSSR count). The number of hydrogen-bond donors (Lipinski definition) is 0. The highest BCUT2D eigenvalue weighted by Crippen LogP contribution is 2.16. The molecule has 0 amide bonds. The zero-order valence-electron chi connectivity index (χ0n) is 9.58. The van der Waals surface area contributed by atoms with Gasteiger partial charge in [-0.2, -0.15) is 0 Å². The minimum absolute atomic E-state index is 0.0906. The van der Waals surface area contributed by atoms with E-state index in [0.717, 1.165) is 5.16 Å². The number of carbonyl (C=O) groups is 1. The molecule has 18 heavy (non-hydrogen) atoms. The van der Waals surface area contributed by atoms with Crippen LogP contribution in [-0.2, 0) is 7.05 Å². The summed E-state index contributed by atoms with van der Waals surface area (Å²) in [5.74, 6) is -0.0906. The number of nitrogens with zero attached hydrogens (tertiary/aromatic N) is 3. The van der Waals surface area contributed by atoms with Gasteiger partial charge in [-0.1, -0.05) is 35.5 Å². The van der Waals surface area contributed by atoms with Gasteiger partial charge in [-0.05, 0) is 23.6 Å². The predicted molar refractivity (Wildman–Crippen MR) is 71.8 cm³/mol. The van der Waals surface area contributed by atoms with Gasteiger partial charge < -0.3 is 4.57 Å². The van der Waals surface area contributed by atoms with E-state index in [1.165, 1.54) is 17.8 Å². The summed E-state index contributed by atoms with van der Waals surface area (Å²) in [5.41, 5.74) is 0.567. The van der Waals surface area contributed by atoms with Crippen molar-refractivity contribution in [3.05, 3.63) is 52.7 Å². The summed E-state index contributed by atoms with van der Waals surface area (Å²) in [7, 11) is 1.84. The van der Waals surface area contributed by atoms with Crippen LogP contribution in [0.4, 0.5) is 0 Å². The van der Waals surface area contributed by atoms with Crippen molar-refractivity contribution >= 4 is 29.1 Å². The number of halogens is 1. The van der Waals surface area contributed by atoms with Crippen LogP contribution in [0.25, 0.3) is 0 Å². The molecule has 6 heteroatoms. The van der Waals surface area contributed by atoms with Gasteiger partial charge in [0.25, 0.3) is 0 Å². The van der Waals surface area contributed by atoms with Crippen molar-refractivity contribution < 1.29 is 4.79 Å². The summed E-state index contributed by atoms with van der Waals surface area (Å²) in [6.07, 6.45) is 3.10. The molecule has 0 aliphatic rings. The number of allylic oxidation sites excluding steroid dienone is 1. The first-order valence-corrected chi connectivity index (χ1v) is 6.39. The average Bonchev–Trinajstić information content (AvgIpc) is 2.75. The van der Waals surface area contributed by atoms with Gasteiger partial charge in [-0.3, -0.25) is 4.79 Å². The van der Waals surface area contributed by atoms with Crippen LogP contribution in [0, 0.1) is 0 Å². The fraction of sp³-hybridized carbons (Fsp3) is 0.0833. The zero-order valence-corrected chi connectivity index (χ0v) is 11.1. The highest BCUT2D eigenvalue weighted by atomic mass is 35.5. The Labute approximate surface area is 114 Å². The lowest BCUT2D eigenvalue weighted by molar-refractivity contribution is 0.104. The van der Waals surface area contributed by atoms with Gasteiger partial charge in [0.15, 0.2) is 10.9 Å². The van der Waals surface area contributed by atoms with E-state index in [1.807, 2.05) is 7.05 Å². The third-order valence-corrected chi connectivity index (χ3v) is 3.26. The monoisotopic (exact) mass is 279 g/mol. The molecular weight excluding hydrogens is 270 g/mol. The van der Waals surface area contributed by atoms with Gasteiger partial charge in [-0.15, -0.1) is 10.2 Å². The van der Waals surface area contributed by atoms with Crippen molar-refractivity contribution in [2.24, 2.45) is 7.05 Å². The Morgan fingerprint density at radius 3 is 3.00 bits per heavy atom. The Kier molecular flexibility index (Phi) is 4.17. The Balaban J connectivity index is 2.02. The fourth-order valence-electron chi connectivity index (χ4n) is 1.27. The Morgan fingerprint density at radius 1 is 1.50 bits per heavy atom. The van der Waals surface area contributed by atoms with Crippen LogP contribution in [-0.4, -0.2) is 20.5 Å². The molecule has 92 valence electrons. The standard InChI is InChI=1S/C12H10ClN3OS/c1-16-8-14-15-12(16)18-6-5-11(17)9-3-2-4-10(13)7-9/h2-8H,1H3/b6-5+. The molecule has 1 heterocycles. The van der Waals surface area contributed by atoms with Crippen molar-refractivity contribution in [3.8, 4) is 0 Å². The molecule has 0 bridgehead atoms. The van der Waals surface area contributed by atoms with Crippen LogP contribution in [0.1, 0.15) is 10.4 Å². The number of thioether (sulfide) groups is 1. The molecule has 0 atom stereocenters. The smallest absolute Gasteiger partial charge is 0.194 e. The topological polar surface area (TPSA) is 47.8 Å². The van der Waals surface area contributed by atoms with Crippen molar-refractivity contribution in [2.45, 2.75) is 5.16 Å². The SMILES string of the molecule is Cn1cnnc1S/C=C/C(=O)c1cccc(Cl)c1. The number of hydrogen-bond acceptors (Lipinski definition) is 4. The van der Waals surface area contributed by atoms with Crippen molar-refractivity contribution in [2.75, 3.05) is 0 Å². The summed E-state index contributed by atoms with van der Waals surface area (Å²) in [4.78, 5) is 11.8. The molecule has 1 aromatic carbocycles. The molecule has 4 nitrogen and oxygen atoms in total. The molecule has 0 saturated carbocycles. The molecule has 0 aliphatic carbocycles. The summed E-state index contributed by atoms with van der Waals surface area (Å²) < 4.78 is 1.78. The minimum Gasteiger partial charge on any atom is -0.312 e. The lowest BCUT2D eigenvalue weighted by atomic mass is 10.1. The van der Waals surface area contributed by atoms with Crippen LogP contribution in [0.15, 0.2) is 47.2 Å². The van der Waals surface area contributed by atoms with Crippen molar-refractivity contribution in [3.63, 3.8) is 0 Å². The summed E-state index contributed by atoms with van der Waals surface area (Å²) in [5, 5.41) is 10.6. The normalized spacial score (nSPS) is 11.0. The first kappa shape index (κ1) is 12.9. The largest absolute Gasteiger partial charge is 0.312 e. The predicted octanol–water partition coefficient (Wildman–Crippen LogP) is 2.96. The van der Waals surface area contributed by atoms with Gasteiger partial charge in [0.05, 0.1) is 0 Å². The molecule has 0 aliphatic heterocycles. The maximum absolute atomic E-state index is 11.8. The number of ketones is 1. The molecule has 0 fully saturated rings. The van der Waals surface area contributed by atoms with E-state index in [0.29, 0.717) is 10.6 Å². The van der Waals surface area contributed by atoms with Crippen LogP contribution in [0.2, 0.25) is 5.02 Å². The van der Waals surface area contributed by atoms with E-state index < -0.39 is 0 Å². The summed E-state index contributed by atoms with van der Waals surface area (Å²) in [6.45, 7) is 0. The lowest BCUT2D eigenvalue weighted by Crippen LogP contribution is -1.93. The van der Waals surface area contributed by atoms with E-state index >= 15 is 0 Å². The maximum atomic E-state index is 11.8. The third-order valence-electron chi connectivity index (χ3n) is 2.17. The third kappa shape index (κ3) is 3.21. The van der Waals surface area contributed by atoms with Crippen molar-refractivity contribution in [1.29, 1.82) is 0 Å². The fourth-order valence-corrected chi connectivity index (χ4v) is 2.09. The van der Waals surface area contributed by atoms with E-state index in [-0.39, 0.29) is 5.78 Å². The lowest BCUT2D eigenvalue weighted by Gasteiger charge is -1.96. The molecule has 0 unspecified atom stereocenters. The second-order valence-corrected chi connectivity index (χ2v) is 4.83. The average molecular weight is 280 g/mol. The first-order valence-electron chi connectivity index (χ1n) is 5.14. The molecule has 0 N–H and O–H groups in total. The summed E-state index contributed by atoms with van der Waals surface area (Å²) in [6, 6.07) is 6.85. The molecule has 0 radical (unpaired) electrons. The molecular formula is C12H10ClN3OS. The zero-order chi connectivity index (χ0) is 13.0. The Hall–Kier alpha value is -1.59. The van der Waals surface area contributed by atoms with E-state index in [1.54, 1.807) is 40.6 Å². The Bertz CT molecular complexity index is 595. The quantitative estimate of drug-likeness (QED) is 0.490. The van der Waals surface area contributed by atoms with Gasteiger partial charge in [0, 0.05) is 17.6 Å². The Morgan fingerprint density at radius 2 is 2.33 bits per heavy atom. The van der Waals surface area contributed by atoms with Crippen LogP contribution < -0.4 is 0 Å². The molecule has 0 spiro atoms. The number of rotatable bonds is 4. The summed E-state index contributed by atoms with van der Waals surface area (Å²) >= 11 is 7.16. The number of benzene rings is 1. The van der Waals surface area contributed by atoms with E-state index in [4.69, 9.17) is 11.6 Å². The van der Waals surface area contributed by atoms with E-state index in [9.17, 15) is 4.79 Å². The first-order chi connectivity index (χ1) is 8.66. The second-order valence-electron chi connectivity index (χ2n) is 3.52. The highest BCUT2D eigenvalue weighted by molar-refractivity contribution is 8.02. The number of carbonyl (C=O) groups excluding carboxylic acids is 1. The second kappa shape index (κ2) is 5.84. The maximum Gasteiger partial charge on any atom is 0.194 e. The molecule has 1 aromatic heterocycles. The van der Waals surface area contributed by atoms with Gasteiger partial charge in [0.2, 0.25) is 0 Å². The van der Waals surface area contributed by atoms with Gasteiger partial charge in [-0.25, -0.2) is 0 Å².